The van der Waals surface area contributed by atoms with Gasteiger partial charge in [0.05, 0.1) is 29.5 Å². The predicted molar refractivity (Wildman–Crippen MR) is 182 cm³/mol. The van der Waals surface area contributed by atoms with Crippen LogP contribution < -0.4 is 20.7 Å². The monoisotopic (exact) mass is 736 g/mol. The van der Waals surface area contributed by atoms with Gasteiger partial charge < -0.3 is 18.3 Å². The van der Waals surface area contributed by atoms with E-state index in [4.69, 9.17) is 18.3 Å². The molecular weight excluding hydrogens is 713 g/mol. The van der Waals surface area contributed by atoms with E-state index in [1.807, 2.05) is 0 Å². The number of benzene rings is 2. The second-order valence-corrected chi connectivity index (χ2v) is 11.6. The van der Waals surface area contributed by atoms with Crippen LogP contribution in [0.1, 0.15) is 18.4 Å². The van der Waals surface area contributed by atoms with Crippen molar-refractivity contribution in [2.24, 2.45) is 0 Å². The second kappa shape index (κ2) is 14.0. The van der Waals surface area contributed by atoms with Crippen molar-refractivity contribution < 1.29 is 31.5 Å². The standard InChI is InChI=1S/C35H23F3N10O6/c1-18-28-19(34(49)53-32(41-28)23-4-6-25(45-43-23)47-10-8-39-16-47)14-21(36)30(18)51-12-2-3-13-52-31-22(37)15-20-29(27(31)38)42-33(54-35(20)50)24-5-7-26(46-44-24)48-11-9-40-17-48/h4-11,14-17H,2-3,12-13H2,1H3. The van der Waals surface area contributed by atoms with Gasteiger partial charge in [-0.25, -0.2) is 42.7 Å². The summed E-state index contributed by atoms with van der Waals surface area (Å²) < 4.78 is 70.4. The molecule has 0 aliphatic carbocycles. The molecule has 19 heteroatoms. The highest BCUT2D eigenvalue weighted by atomic mass is 19.1. The first kappa shape index (κ1) is 33.8. The molecular formula is C35H23F3N10O6. The molecule has 0 fully saturated rings. The summed E-state index contributed by atoms with van der Waals surface area (Å²) in [6.45, 7) is 1.36. The predicted octanol–water partition coefficient (Wildman–Crippen LogP) is 4.94. The smallest absolute Gasteiger partial charge is 0.347 e. The Bertz CT molecular complexity index is 2570. The molecule has 0 N–H and O–H groups in total. The highest BCUT2D eigenvalue weighted by Crippen LogP contribution is 2.31. The maximum Gasteiger partial charge on any atom is 0.347 e. The Morgan fingerprint density at radius 2 is 1.17 bits per heavy atom. The number of ether oxygens (including phenoxy) is 2. The molecule has 16 nitrogen and oxygen atoms in total. The average molecular weight is 737 g/mol. The van der Waals surface area contributed by atoms with E-state index in [1.165, 1.54) is 12.4 Å². The molecule has 0 saturated carbocycles. The Morgan fingerprint density at radius 3 is 1.67 bits per heavy atom. The number of hydrogen-bond donors (Lipinski definition) is 0. The first-order chi connectivity index (χ1) is 26.2. The van der Waals surface area contributed by atoms with Crippen LogP contribution in [0.2, 0.25) is 0 Å². The first-order valence-corrected chi connectivity index (χ1v) is 16.1. The number of nitrogens with zero attached hydrogens (tertiary/aromatic N) is 10. The number of aromatic nitrogens is 10. The van der Waals surface area contributed by atoms with E-state index >= 15 is 8.78 Å². The Kier molecular flexibility index (Phi) is 8.78. The van der Waals surface area contributed by atoms with Crippen LogP contribution in [-0.2, 0) is 0 Å². The fraction of sp³-hybridized carbons (Fsp3) is 0.143. The van der Waals surface area contributed by atoms with Crippen molar-refractivity contribution in [1.29, 1.82) is 0 Å². The van der Waals surface area contributed by atoms with E-state index in [0.717, 1.165) is 12.1 Å². The van der Waals surface area contributed by atoms with Crippen molar-refractivity contribution in [1.82, 2.24) is 49.5 Å². The minimum Gasteiger partial charge on any atom is -0.490 e. The van der Waals surface area contributed by atoms with Crippen LogP contribution in [-0.4, -0.2) is 62.7 Å². The lowest BCUT2D eigenvalue weighted by molar-refractivity contribution is 0.247. The maximum absolute atomic E-state index is 15.5. The molecule has 6 heterocycles. The van der Waals surface area contributed by atoms with E-state index < -0.39 is 45.4 Å². The highest BCUT2D eigenvalue weighted by Gasteiger charge is 2.22. The lowest BCUT2D eigenvalue weighted by atomic mass is 10.1. The fourth-order valence-corrected chi connectivity index (χ4v) is 5.46. The molecule has 0 spiro atoms. The second-order valence-electron chi connectivity index (χ2n) is 11.6. The zero-order valence-electron chi connectivity index (χ0n) is 27.8. The third kappa shape index (κ3) is 6.37. The van der Waals surface area contributed by atoms with E-state index in [-0.39, 0.29) is 71.4 Å². The summed E-state index contributed by atoms with van der Waals surface area (Å²) >= 11 is 0. The van der Waals surface area contributed by atoms with Crippen LogP contribution in [0.25, 0.3) is 56.6 Å². The van der Waals surface area contributed by atoms with Gasteiger partial charge in [0, 0.05) is 30.4 Å². The molecule has 0 amide bonds. The Balaban J connectivity index is 0.934. The molecule has 54 heavy (non-hydrogen) atoms. The van der Waals surface area contributed by atoms with Gasteiger partial charge >= 0.3 is 11.3 Å². The maximum atomic E-state index is 15.5. The Hall–Kier alpha value is -7.31. The van der Waals surface area contributed by atoms with Gasteiger partial charge in [-0.1, -0.05) is 0 Å². The van der Waals surface area contributed by atoms with Crippen molar-refractivity contribution >= 4 is 21.8 Å². The van der Waals surface area contributed by atoms with E-state index in [2.05, 4.69) is 40.3 Å². The number of imidazole rings is 2. The van der Waals surface area contributed by atoms with Crippen molar-refractivity contribution in [3.63, 3.8) is 0 Å². The van der Waals surface area contributed by atoms with Gasteiger partial charge in [-0.2, -0.15) is 0 Å². The third-order valence-electron chi connectivity index (χ3n) is 8.14. The van der Waals surface area contributed by atoms with Crippen LogP contribution in [0.3, 0.4) is 0 Å². The number of fused-ring (bicyclic) bond motifs is 2. The van der Waals surface area contributed by atoms with Crippen LogP contribution in [0.4, 0.5) is 13.2 Å². The van der Waals surface area contributed by atoms with Crippen LogP contribution in [0.5, 0.6) is 11.5 Å². The lowest BCUT2D eigenvalue weighted by Crippen LogP contribution is -2.10. The van der Waals surface area contributed by atoms with E-state index in [1.54, 1.807) is 65.4 Å². The van der Waals surface area contributed by atoms with Crippen molar-refractivity contribution in [2.75, 3.05) is 13.2 Å². The molecule has 0 aliphatic rings. The fourth-order valence-electron chi connectivity index (χ4n) is 5.46. The van der Waals surface area contributed by atoms with Crippen molar-refractivity contribution in [2.45, 2.75) is 19.8 Å². The molecule has 2 aromatic carbocycles. The molecule has 8 aromatic rings. The summed E-state index contributed by atoms with van der Waals surface area (Å²) in [5.41, 5.74) is -1.73. The Morgan fingerprint density at radius 1 is 0.667 bits per heavy atom. The zero-order chi connectivity index (χ0) is 37.3. The quantitative estimate of drug-likeness (QED) is 0.162. The van der Waals surface area contributed by atoms with Crippen molar-refractivity contribution in [3.8, 4) is 46.3 Å². The van der Waals surface area contributed by atoms with Crippen LogP contribution in [0.15, 0.2) is 92.3 Å². The van der Waals surface area contributed by atoms with Crippen LogP contribution in [0, 0.1) is 24.4 Å². The zero-order valence-corrected chi connectivity index (χ0v) is 27.8. The van der Waals surface area contributed by atoms with Gasteiger partial charge in [0.15, 0.2) is 40.6 Å². The molecule has 6 aromatic heterocycles. The topological polar surface area (TPSA) is 192 Å². The molecule has 0 bridgehead atoms. The van der Waals surface area contributed by atoms with E-state index in [9.17, 15) is 14.0 Å². The summed E-state index contributed by atoms with van der Waals surface area (Å²) in [4.78, 5) is 41.8. The molecule has 0 unspecified atom stereocenters. The van der Waals surface area contributed by atoms with Crippen molar-refractivity contribution in [3.05, 3.63) is 118 Å². The molecule has 0 saturated heterocycles. The number of halogens is 3. The molecule has 270 valence electrons. The number of unbranched alkanes of at least 4 members (excludes halogenated alkanes) is 1. The normalized spacial score (nSPS) is 11.4. The summed E-state index contributed by atoms with van der Waals surface area (Å²) in [6, 6.07) is 8.00. The Labute approximate surface area is 299 Å². The summed E-state index contributed by atoms with van der Waals surface area (Å²) in [5.74, 6) is -3.57. The molecule has 0 atom stereocenters. The van der Waals surface area contributed by atoms with Gasteiger partial charge in [0.2, 0.25) is 0 Å². The largest absolute Gasteiger partial charge is 0.490 e. The SMILES string of the molecule is Cc1c(OCCCCOc2c(F)cc3c(=O)oc(-c4ccc(-n5ccnc5)nn4)nc3c2F)c(F)cc2c(=O)oc(-c3ccc(-n4ccnc4)nn3)nc12. The van der Waals surface area contributed by atoms with Gasteiger partial charge in [-0.05, 0) is 56.2 Å². The number of rotatable bonds is 11. The van der Waals surface area contributed by atoms with Gasteiger partial charge in [-0.3, -0.25) is 9.13 Å². The summed E-state index contributed by atoms with van der Waals surface area (Å²) in [6.07, 6.45) is 10.1. The summed E-state index contributed by atoms with van der Waals surface area (Å²) in [7, 11) is 0. The molecule has 8 rings (SSSR count). The third-order valence-corrected chi connectivity index (χ3v) is 8.14. The summed E-state index contributed by atoms with van der Waals surface area (Å²) in [5, 5.41) is 15.7. The lowest BCUT2D eigenvalue weighted by Gasteiger charge is -2.13. The molecule has 0 radical (unpaired) electrons. The first-order valence-electron chi connectivity index (χ1n) is 16.1. The average Bonchev–Trinajstić information content (AvgIpc) is 3.92. The van der Waals surface area contributed by atoms with Gasteiger partial charge in [0.25, 0.3) is 11.8 Å². The highest BCUT2D eigenvalue weighted by molar-refractivity contribution is 5.84. The minimum atomic E-state index is -1.20. The number of aryl methyl sites for hydroxylation is 1. The van der Waals surface area contributed by atoms with Gasteiger partial charge in [-0.15, -0.1) is 20.4 Å². The number of hydrogen-bond acceptors (Lipinski definition) is 14. The van der Waals surface area contributed by atoms with Gasteiger partial charge in [0.1, 0.15) is 29.6 Å². The van der Waals surface area contributed by atoms with Crippen LogP contribution >= 0.6 is 0 Å². The minimum absolute atomic E-state index is 0.0164. The van der Waals surface area contributed by atoms with E-state index in [0.29, 0.717) is 11.6 Å². The molecule has 0 aliphatic heterocycles.